The zero-order chi connectivity index (χ0) is 19.7. The van der Waals surface area contributed by atoms with Gasteiger partial charge in [0.25, 0.3) is 0 Å². The molecule has 1 unspecified atom stereocenters. The highest BCUT2D eigenvalue weighted by Crippen LogP contribution is 2.14. The molecule has 1 rings (SSSR count). The van der Waals surface area contributed by atoms with Gasteiger partial charge in [-0.3, -0.25) is 4.79 Å². The molecule has 0 aliphatic carbocycles. The van der Waals surface area contributed by atoms with E-state index in [2.05, 4.69) is 0 Å². The molecule has 1 aromatic carbocycles. The molecule has 0 aliphatic rings. The molecule has 0 saturated carbocycles. The quantitative estimate of drug-likeness (QED) is 0.656. The van der Waals surface area contributed by atoms with Gasteiger partial charge in [-0.1, -0.05) is 30.3 Å². The standard InChI is InChI=1S/C20H31NO5/c1-15(2)25-18(22)12-17(21(6)19(23)26-20(3,4)5)14-24-13-16-10-8-7-9-11-16/h7-11,15,17H,12-14H2,1-6H3. The highest BCUT2D eigenvalue weighted by Gasteiger charge is 2.28. The Hall–Kier alpha value is -2.08. The van der Waals surface area contributed by atoms with Crippen LogP contribution in [-0.4, -0.2) is 48.4 Å². The Morgan fingerprint density at radius 1 is 1.12 bits per heavy atom. The number of amides is 1. The van der Waals surface area contributed by atoms with E-state index in [9.17, 15) is 9.59 Å². The fourth-order valence-electron chi connectivity index (χ4n) is 2.18. The Kier molecular flexibility index (Phi) is 8.58. The zero-order valence-corrected chi connectivity index (χ0v) is 16.7. The molecule has 0 saturated heterocycles. The number of ether oxygens (including phenoxy) is 3. The Bertz CT molecular complexity index is 565. The van der Waals surface area contributed by atoms with Crippen molar-refractivity contribution in [1.82, 2.24) is 4.90 Å². The summed E-state index contributed by atoms with van der Waals surface area (Å²) in [6.07, 6.45) is -0.661. The van der Waals surface area contributed by atoms with Crippen molar-refractivity contribution >= 4 is 12.1 Å². The second-order valence-electron chi connectivity index (χ2n) is 7.49. The minimum absolute atomic E-state index is 0.0444. The van der Waals surface area contributed by atoms with Gasteiger partial charge in [0, 0.05) is 7.05 Å². The lowest BCUT2D eigenvalue weighted by Gasteiger charge is -2.30. The van der Waals surface area contributed by atoms with Crippen LogP contribution >= 0.6 is 0 Å². The summed E-state index contributed by atoms with van der Waals surface area (Å²) in [5, 5.41) is 0. The van der Waals surface area contributed by atoms with E-state index >= 15 is 0 Å². The van der Waals surface area contributed by atoms with E-state index in [4.69, 9.17) is 14.2 Å². The monoisotopic (exact) mass is 365 g/mol. The van der Waals surface area contributed by atoms with Crippen LogP contribution in [0, 0.1) is 0 Å². The number of likely N-dealkylation sites (N-methyl/N-ethyl adjacent to an activating group) is 1. The summed E-state index contributed by atoms with van der Waals surface area (Å²) in [4.78, 5) is 25.8. The fraction of sp³-hybridized carbons (Fsp3) is 0.600. The summed E-state index contributed by atoms with van der Waals surface area (Å²) in [6, 6.07) is 9.25. The average Bonchev–Trinajstić information content (AvgIpc) is 2.52. The van der Waals surface area contributed by atoms with E-state index in [0.717, 1.165) is 5.56 Å². The Labute approximate surface area is 156 Å². The molecule has 0 N–H and O–H groups in total. The summed E-state index contributed by atoms with van der Waals surface area (Å²) >= 11 is 0. The van der Waals surface area contributed by atoms with Crippen molar-refractivity contribution in [3.63, 3.8) is 0 Å². The molecular weight excluding hydrogens is 334 g/mol. The third-order valence-electron chi connectivity index (χ3n) is 3.42. The van der Waals surface area contributed by atoms with Gasteiger partial charge in [-0.25, -0.2) is 4.79 Å². The largest absolute Gasteiger partial charge is 0.463 e. The Balaban J connectivity index is 2.70. The molecule has 1 aromatic rings. The molecule has 1 amide bonds. The first-order chi connectivity index (χ1) is 12.1. The van der Waals surface area contributed by atoms with E-state index in [1.807, 2.05) is 30.3 Å². The number of esters is 1. The van der Waals surface area contributed by atoms with Gasteiger partial charge in [0.05, 0.1) is 31.8 Å². The Morgan fingerprint density at radius 2 is 1.73 bits per heavy atom. The van der Waals surface area contributed by atoms with Gasteiger partial charge in [-0.2, -0.15) is 0 Å². The van der Waals surface area contributed by atoms with Gasteiger partial charge >= 0.3 is 12.1 Å². The van der Waals surface area contributed by atoms with Crippen molar-refractivity contribution < 1.29 is 23.8 Å². The smallest absolute Gasteiger partial charge is 0.410 e. The van der Waals surface area contributed by atoms with Crippen molar-refractivity contribution in [3.8, 4) is 0 Å². The fourth-order valence-corrected chi connectivity index (χ4v) is 2.18. The molecule has 26 heavy (non-hydrogen) atoms. The van der Waals surface area contributed by atoms with Gasteiger partial charge in [0.1, 0.15) is 5.60 Å². The second kappa shape index (κ2) is 10.2. The van der Waals surface area contributed by atoms with Crippen LogP contribution in [0.15, 0.2) is 30.3 Å². The number of nitrogens with zero attached hydrogens (tertiary/aromatic N) is 1. The molecule has 0 heterocycles. The number of benzene rings is 1. The minimum Gasteiger partial charge on any atom is -0.463 e. The molecule has 0 aromatic heterocycles. The summed E-state index contributed by atoms with van der Waals surface area (Å²) in [7, 11) is 1.60. The summed E-state index contributed by atoms with van der Waals surface area (Å²) in [5.74, 6) is -0.372. The molecule has 0 bridgehead atoms. The molecule has 6 nitrogen and oxygen atoms in total. The third-order valence-corrected chi connectivity index (χ3v) is 3.42. The molecule has 0 fully saturated rings. The van der Waals surface area contributed by atoms with Gasteiger partial charge in [0.2, 0.25) is 0 Å². The number of hydrogen-bond acceptors (Lipinski definition) is 5. The van der Waals surface area contributed by atoms with Crippen LogP contribution < -0.4 is 0 Å². The molecule has 1 atom stereocenters. The summed E-state index contributed by atoms with van der Waals surface area (Å²) in [6.45, 7) is 9.58. The first kappa shape index (κ1) is 22.0. The maximum Gasteiger partial charge on any atom is 0.410 e. The molecule has 146 valence electrons. The highest BCUT2D eigenvalue weighted by molar-refractivity contribution is 5.73. The third kappa shape index (κ3) is 8.85. The van der Waals surface area contributed by atoms with Crippen molar-refractivity contribution in [2.75, 3.05) is 13.7 Å². The maximum absolute atomic E-state index is 12.3. The molecular formula is C20H31NO5. The van der Waals surface area contributed by atoms with Crippen LogP contribution in [0.25, 0.3) is 0 Å². The van der Waals surface area contributed by atoms with E-state index in [-0.39, 0.29) is 25.1 Å². The molecule has 0 radical (unpaired) electrons. The summed E-state index contributed by atoms with van der Waals surface area (Å²) in [5.41, 5.74) is 0.412. The lowest BCUT2D eigenvalue weighted by Crippen LogP contribution is -2.44. The zero-order valence-electron chi connectivity index (χ0n) is 16.7. The normalized spacial score (nSPS) is 12.6. The maximum atomic E-state index is 12.3. The lowest BCUT2D eigenvalue weighted by atomic mass is 10.2. The lowest BCUT2D eigenvalue weighted by molar-refractivity contribution is -0.149. The average molecular weight is 365 g/mol. The SMILES string of the molecule is CC(C)OC(=O)CC(COCc1ccccc1)N(C)C(=O)OC(C)(C)C. The van der Waals surface area contributed by atoms with E-state index in [0.29, 0.717) is 6.61 Å². The topological polar surface area (TPSA) is 65.1 Å². The predicted octanol–water partition coefficient (Wildman–Crippen LogP) is 3.78. The number of hydrogen-bond donors (Lipinski definition) is 0. The molecule has 0 aliphatic heterocycles. The van der Waals surface area contributed by atoms with Gasteiger partial charge < -0.3 is 19.1 Å². The van der Waals surface area contributed by atoms with Crippen molar-refractivity contribution in [1.29, 1.82) is 0 Å². The van der Waals surface area contributed by atoms with Crippen LogP contribution in [0.2, 0.25) is 0 Å². The minimum atomic E-state index is -0.612. The van der Waals surface area contributed by atoms with E-state index in [1.165, 1.54) is 4.90 Å². The summed E-state index contributed by atoms with van der Waals surface area (Å²) < 4.78 is 16.3. The predicted molar refractivity (Wildman–Crippen MR) is 99.7 cm³/mol. The Morgan fingerprint density at radius 3 is 2.27 bits per heavy atom. The van der Waals surface area contributed by atoms with Crippen LogP contribution in [0.4, 0.5) is 4.79 Å². The molecule has 6 heteroatoms. The number of rotatable bonds is 8. The first-order valence-corrected chi connectivity index (χ1v) is 8.85. The molecule has 0 spiro atoms. The first-order valence-electron chi connectivity index (χ1n) is 8.85. The van der Waals surface area contributed by atoms with Crippen molar-refractivity contribution in [3.05, 3.63) is 35.9 Å². The van der Waals surface area contributed by atoms with Crippen LogP contribution in [0.5, 0.6) is 0 Å². The highest BCUT2D eigenvalue weighted by atomic mass is 16.6. The van der Waals surface area contributed by atoms with Crippen LogP contribution in [0.3, 0.4) is 0 Å². The second-order valence-corrected chi connectivity index (χ2v) is 7.49. The van der Waals surface area contributed by atoms with Gasteiger partial charge in [0.15, 0.2) is 0 Å². The van der Waals surface area contributed by atoms with Gasteiger partial charge in [-0.15, -0.1) is 0 Å². The van der Waals surface area contributed by atoms with Crippen molar-refractivity contribution in [2.45, 2.75) is 65.4 Å². The van der Waals surface area contributed by atoms with Crippen LogP contribution in [-0.2, 0) is 25.6 Å². The van der Waals surface area contributed by atoms with E-state index in [1.54, 1.807) is 41.7 Å². The van der Waals surface area contributed by atoms with Gasteiger partial charge in [-0.05, 0) is 40.2 Å². The van der Waals surface area contributed by atoms with E-state index < -0.39 is 17.7 Å². The van der Waals surface area contributed by atoms with Crippen molar-refractivity contribution in [2.24, 2.45) is 0 Å². The number of carbonyl (C=O) groups is 2. The van der Waals surface area contributed by atoms with Crippen LogP contribution in [0.1, 0.15) is 46.6 Å². The number of carbonyl (C=O) groups excluding carboxylic acids is 2.